The summed E-state index contributed by atoms with van der Waals surface area (Å²) in [5.74, 6) is 0.0723. The Kier molecular flexibility index (Phi) is 6.03. The monoisotopic (exact) mass is 433 g/mol. The van der Waals surface area contributed by atoms with Crippen LogP contribution >= 0.6 is 23.4 Å². The fourth-order valence-corrected chi connectivity index (χ4v) is 5.40. The van der Waals surface area contributed by atoms with E-state index in [0.717, 1.165) is 33.2 Å². The van der Waals surface area contributed by atoms with E-state index in [1.54, 1.807) is 11.8 Å². The molecule has 2 nitrogen and oxygen atoms in total. The van der Waals surface area contributed by atoms with Gasteiger partial charge in [-0.15, -0.1) is 11.8 Å². The lowest BCUT2D eigenvalue weighted by Gasteiger charge is -2.21. The fourth-order valence-electron chi connectivity index (χ4n) is 4.01. The van der Waals surface area contributed by atoms with Crippen molar-refractivity contribution in [2.24, 2.45) is 0 Å². The van der Waals surface area contributed by atoms with Gasteiger partial charge in [0.2, 0.25) is 0 Å². The number of allylic oxidation sites excluding steroid dienone is 1. The van der Waals surface area contributed by atoms with Gasteiger partial charge >= 0.3 is 0 Å². The van der Waals surface area contributed by atoms with Gasteiger partial charge in [0.15, 0.2) is 5.78 Å². The third-order valence-corrected chi connectivity index (χ3v) is 7.04. The van der Waals surface area contributed by atoms with Crippen molar-refractivity contribution >= 4 is 34.8 Å². The van der Waals surface area contributed by atoms with E-state index in [-0.39, 0.29) is 11.0 Å². The van der Waals surface area contributed by atoms with Gasteiger partial charge in [-0.05, 0) is 74.4 Å². The van der Waals surface area contributed by atoms with E-state index >= 15 is 0 Å². The summed E-state index contributed by atoms with van der Waals surface area (Å²) in [4.78, 5) is 16.7. The highest BCUT2D eigenvalue weighted by Crippen LogP contribution is 2.52. The molecule has 3 aromatic rings. The number of ketones is 1. The summed E-state index contributed by atoms with van der Waals surface area (Å²) >= 11 is 7.87. The van der Waals surface area contributed by atoms with Crippen LogP contribution in [0.3, 0.4) is 0 Å². The topological polar surface area (TPSA) is 20.3 Å². The predicted octanol–water partition coefficient (Wildman–Crippen LogP) is 7.46. The van der Waals surface area contributed by atoms with Gasteiger partial charge in [0.1, 0.15) is 0 Å². The van der Waals surface area contributed by atoms with Gasteiger partial charge in [-0.3, -0.25) is 4.79 Å². The zero-order chi connectivity index (χ0) is 21.3. The van der Waals surface area contributed by atoms with Gasteiger partial charge in [-0.2, -0.15) is 0 Å². The second-order valence-electron chi connectivity index (χ2n) is 7.33. The minimum Gasteiger partial charge on any atom is -0.344 e. The largest absolute Gasteiger partial charge is 0.344 e. The third kappa shape index (κ3) is 3.80. The second-order valence-corrected chi connectivity index (χ2v) is 8.94. The number of thioether (sulfide) groups is 1. The maximum atomic E-state index is 13.2. The summed E-state index contributed by atoms with van der Waals surface area (Å²) in [5, 5.41) is 0.870. The molecule has 1 heterocycles. The van der Waals surface area contributed by atoms with Gasteiger partial charge in [0.25, 0.3) is 0 Å². The number of anilines is 1. The minimum atomic E-state index is 0.0723. The molecule has 0 saturated carbocycles. The van der Waals surface area contributed by atoms with E-state index in [4.69, 9.17) is 11.6 Å². The van der Waals surface area contributed by atoms with E-state index in [2.05, 4.69) is 49.1 Å². The summed E-state index contributed by atoms with van der Waals surface area (Å²) < 4.78 is 0. The van der Waals surface area contributed by atoms with E-state index in [1.807, 2.05) is 49.4 Å². The summed E-state index contributed by atoms with van der Waals surface area (Å²) in [6, 6.07) is 21.8. The molecule has 0 N–H and O–H groups in total. The molecule has 0 fully saturated rings. The van der Waals surface area contributed by atoms with Crippen LogP contribution in [0.4, 0.5) is 5.69 Å². The highest BCUT2D eigenvalue weighted by molar-refractivity contribution is 7.99. The summed E-state index contributed by atoms with van der Waals surface area (Å²) in [7, 11) is 0. The van der Waals surface area contributed by atoms with Gasteiger partial charge in [0.05, 0.1) is 5.25 Å². The molecular formula is C26H24ClNOS. The standard InChI is InChI=1S/C26H24ClNOS/c1-4-23-26(30-20-13-11-19(27)12-14-20)22-16-18(10-15-24(22)28(23)5-2)25(29)21-9-7-6-8-17(21)3/h4,6-16,26H,5H2,1-3H3/b23-4+. The van der Waals surface area contributed by atoms with Crippen LogP contribution in [0.5, 0.6) is 0 Å². The van der Waals surface area contributed by atoms with Crippen molar-refractivity contribution in [1.29, 1.82) is 0 Å². The molecule has 0 radical (unpaired) electrons. The molecule has 0 saturated heterocycles. The molecule has 1 aliphatic heterocycles. The molecule has 152 valence electrons. The molecular weight excluding hydrogens is 410 g/mol. The Hall–Kier alpha value is -2.49. The zero-order valence-electron chi connectivity index (χ0n) is 17.4. The smallest absolute Gasteiger partial charge is 0.193 e. The van der Waals surface area contributed by atoms with Crippen molar-refractivity contribution in [2.75, 3.05) is 11.4 Å². The zero-order valence-corrected chi connectivity index (χ0v) is 18.9. The highest BCUT2D eigenvalue weighted by atomic mass is 35.5. The van der Waals surface area contributed by atoms with Crippen LogP contribution in [0.15, 0.2) is 83.4 Å². The summed E-state index contributed by atoms with van der Waals surface area (Å²) in [6.07, 6.45) is 2.18. The number of likely N-dealkylation sites (N-methyl/N-ethyl adjacent to an activating group) is 1. The number of carbonyl (C=O) groups is 1. The molecule has 3 aromatic carbocycles. The normalized spacial score (nSPS) is 16.7. The summed E-state index contributed by atoms with van der Waals surface area (Å²) in [5.41, 5.74) is 6.12. The van der Waals surface area contributed by atoms with Gasteiger partial charge < -0.3 is 4.90 Å². The minimum absolute atomic E-state index is 0.0723. The van der Waals surface area contributed by atoms with Crippen LogP contribution < -0.4 is 4.90 Å². The van der Waals surface area contributed by atoms with Crippen LogP contribution in [0.1, 0.15) is 46.1 Å². The second kappa shape index (κ2) is 8.71. The number of rotatable bonds is 5. The van der Waals surface area contributed by atoms with Gasteiger partial charge in [-0.25, -0.2) is 0 Å². The van der Waals surface area contributed by atoms with Crippen molar-refractivity contribution in [3.8, 4) is 0 Å². The average Bonchev–Trinajstić information content (AvgIpc) is 3.07. The molecule has 0 bridgehead atoms. The molecule has 0 spiro atoms. The molecule has 0 amide bonds. The Morgan fingerprint density at radius 1 is 1.10 bits per heavy atom. The van der Waals surface area contributed by atoms with Crippen molar-refractivity contribution < 1.29 is 4.79 Å². The lowest BCUT2D eigenvalue weighted by atomic mass is 9.97. The van der Waals surface area contributed by atoms with Crippen LogP contribution in [0.25, 0.3) is 0 Å². The molecule has 1 aliphatic rings. The maximum Gasteiger partial charge on any atom is 0.193 e. The fraction of sp³-hybridized carbons (Fsp3) is 0.192. The number of aryl methyl sites for hydroxylation is 1. The Bertz CT molecular complexity index is 1120. The van der Waals surface area contributed by atoms with Crippen LogP contribution in [0, 0.1) is 6.92 Å². The number of carbonyl (C=O) groups excluding carboxylic acids is 1. The number of halogens is 1. The van der Waals surface area contributed by atoms with Crippen molar-refractivity contribution in [3.05, 3.63) is 106 Å². The molecule has 4 heteroatoms. The Morgan fingerprint density at radius 2 is 1.83 bits per heavy atom. The first-order chi connectivity index (χ1) is 14.5. The van der Waals surface area contributed by atoms with E-state index in [1.165, 1.54) is 16.9 Å². The van der Waals surface area contributed by atoms with Crippen molar-refractivity contribution in [3.63, 3.8) is 0 Å². The molecule has 0 aromatic heterocycles. The molecule has 1 atom stereocenters. The molecule has 30 heavy (non-hydrogen) atoms. The first kappa shape index (κ1) is 20.8. The third-order valence-electron chi connectivity index (χ3n) is 5.51. The number of nitrogens with zero attached hydrogens (tertiary/aromatic N) is 1. The highest BCUT2D eigenvalue weighted by Gasteiger charge is 2.34. The number of benzene rings is 3. The molecule has 0 aliphatic carbocycles. The first-order valence-electron chi connectivity index (χ1n) is 10.1. The van der Waals surface area contributed by atoms with Gasteiger partial charge in [0, 0.05) is 39.0 Å². The van der Waals surface area contributed by atoms with Crippen molar-refractivity contribution in [1.82, 2.24) is 0 Å². The van der Waals surface area contributed by atoms with Gasteiger partial charge in [-0.1, -0.05) is 41.9 Å². The molecule has 1 unspecified atom stereocenters. The lowest BCUT2D eigenvalue weighted by Crippen LogP contribution is -2.18. The van der Waals surface area contributed by atoms with E-state index in [0.29, 0.717) is 0 Å². The summed E-state index contributed by atoms with van der Waals surface area (Å²) in [6.45, 7) is 7.11. The Balaban J connectivity index is 1.76. The number of fused-ring (bicyclic) bond motifs is 1. The Morgan fingerprint density at radius 3 is 2.50 bits per heavy atom. The quantitative estimate of drug-likeness (QED) is 0.389. The lowest BCUT2D eigenvalue weighted by molar-refractivity contribution is 0.103. The van der Waals surface area contributed by atoms with Crippen molar-refractivity contribution in [2.45, 2.75) is 30.9 Å². The molecule has 4 rings (SSSR count). The maximum absolute atomic E-state index is 13.2. The predicted molar refractivity (Wildman–Crippen MR) is 128 cm³/mol. The van der Waals surface area contributed by atoms with Crippen LogP contribution in [0.2, 0.25) is 5.02 Å². The SMILES string of the molecule is C/C=C1\C(Sc2ccc(Cl)cc2)c2cc(C(=O)c3ccccc3C)ccc2N1CC. The number of hydrogen-bond acceptors (Lipinski definition) is 3. The Labute approximate surface area is 187 Å². The van der Waals surface area contributed by atoms with Crippen LogP contribution in [-0.2, 0) is 0 Å². The van der Waals surface area contributed by atoms with E-state index < -0.39 is 0 Å². The van der Waals surface area contributed by atoms with Crippen LogP contribution in [-0.4, -0.2) is 12.3 Å². The van der Waals surface area contributed by atoms with E-state index in [9.17, 15) is 4.79 Å². The number of hydrogen-bond donors (Lipinski definition) is 0. The first-order valence-corrected chi connectivity index (χ1v) is 11.4. The average molecular weight is 434 g/mol.